The Morgan fingerprint density at radius 2 is 2.18 bits per heavy atom. The number of nitrogens with zero attached hydrogens (tertiary/aromatic N) is 3. The third-order valence-corrected chi connectivity index (χ3v) is 2.61. The number of nitrogens with one attached hydrogen (secondary N) is 1. The molecule has 0 saturated carbocycles. The maximum atomic E-state index is 12.3. The number of allylic oxidation sites excluding steroid dienone is 3. The minimum atomic E-state index is -4.47. The fourth-order valence-corrected chi connectivity index (χ4v) is 1.72. The van der Waals surface area contributed by atoms with E-state index in [1.807, 2.05) is 0 Å². The molecule has 2 aliphatic rings. The first-order valence-corrected chi connectivity index (χ1v) is 6.31. The first-order chi connectivity index (χ1) is 10.3. The van der Waals surface area contributed by atoms with Gasteiger partial charge in [-0.05, 0) is 12.2 Å². The van der Waals surface area contributed by atoms with Crippen LogP contribution in [0.15, 0.2) is 48.3 Å². The molecule has 0 aromatic heterocycles. The van der Waals surface area contributed by atoms with E-state index in [0.29, 0.717) is 5.82 Å². The number of ketones is 1. The van der Waals surface area contributed by atoms with Crippen LogP contribution >= 0.6 is 0 Å². The Bertz CT molecular complexity index is 564. The molecule has 0 spiro atoms. The van der Waals surface area contributed by atoms with Gasteiger partial charge in [-0.25, -0.2) is 9.85 Å². The Balaban J connectivity index is 2.12. The van der Waals surface area contributed by atoms with Crippen molar-refractivity contribution in [3.8, 4) is 0 Å². The van der Waals surface area contributed by atoms with Crippen LogP contribution < -0.4 is 5.32 Å². The van der Waals surface area contributed by atoms with Gasteiger partial charge in [-0.3, -0.25) is 4.79 Å². The van der Waals surface area contributed by atoms with Gasteiger partial charge in [-0.1, -0.05) is 0 Å². The van der Waals surface area contributed by atoms with Crippen LogP contribution in [0.2, 0.25) is 0 Å². The summed E-state index contributed by atoms with van der Waals surface area (Å²) in [6.45, 7) is -1.46. The van der Waals surface area contributed by atoms with Crippen LogP contribution in [0.5, 0.6) is 0 Å². The fourth-order valence-electron chi connectivity index (χ4n) is 1.72. The largest absolute Gasteiger partial charge is 0.414 e. The lowest BCUT2D eigenvalue weighted by Gasteiger charge is -2.34. The molecule has 0 atom stereocenters. The van der Waals surface area contributed by atoms with E-state index in [9.17, 15) is 18.0 Å². The van der Waals surface area contributed by atoms with Crippen molar-refractivity contribution >= 4 is 5.78 Å². The molecule has 0 unspecified atom stereocenters. The molecule has 22 heavy (non-hydrogen) atoms. The van der Waals surface area contributed by atoms with Gasteiger partial charge in [0, 0.05) is 32.6 Å². The minimum Gasteiger partial charge on any atom is -0.383 e. The Morgan fingerprint density at radius 1 is 1.45 bits per heavy atom. The first-order valence-electron chi connectivity index (χ1n) is 6.31. The Hall–Kier alpha value is -2.42. The number of hydrazine groups is 1. The quantitative estimate of drug-likeness (QED) is 0.775. The van der Waals surface area contributed by atoms with Gasteiger partial charge < -0.3 is 10.2 Å². The summed E-state index contributed by atoms with van der Waals surface area (Å²) in [6.07, 6.45) is 4.21. The summed E-state index contributed by atoms with van der Waals surface area (Å²) in [7, 11) is 3.50. The van der Waals surface area contributed by atoms with E-state index in [0.717, 1.165) is 5.17 Å². The van der Waals surface area contributed by atoms with Crippen LogP contribution in [-0.4, -0.2) is 47.7 Å². The van der Waals surface area contributed by atoms with Crippen LogP contribution in [-0.2, 0) is 9.63 Å². The molecule has 0 amide bonds. The predicted octanol–water partition coefficient (Wildman–Crippen LogP) is 1.46. The lowest BCUT2D eigenvalue weighted by molar-refractivity contribution is -0.284. The number of carbonyl (C=O) groups is 1. The molecule has 0 saturated heterocycles. The molecular weight excluding hydrogens is 301 g/mol. The van der Waals surface area contributed by atoms with E-state index in [4.69, 9.17) is 4.84 Å². The van der Waals surface area contributed by atoms with Gasteiger partial charge in [0.15, 0.2) is 6.61 Å². The summed E-state index contributed by atoms with van der Waals surface area (Å²) in [5.74, 6) is 0.0480. The van der Waals surface area contributed by atoms with Gasteiger partial charge in [0.2, 0.25) is 5.78 Å². The molecule has 0 aromatic carbocycles. The van der Waals surface area contributed by atoms with E-state index >= 15 is 0 Å². The topological polar surface area (TPSA) is 48.1 Å². The molecule has 0 fully saturated rings. The number of fused-ring (bicyclic) bond motifs is 1. The van der Waals surface area contributed by atoms with Crippen LogP contribution in [0.25, 0.3) is 0 Å². The van der Waals surface area contributed by atoms with Crippen molar-refractivity contribution < 1.29 is 22.8 Å². The van der Waals surface area contributed by atoms with Crippen molar-refractivity contribution in [2.75, 3.05) is 20.7 Å². The molecule has 120 valence electrons. The van der Waals surface area contributed by atoms with Crippen molar-refractivity contribution in [3.63, 3.8) is 0 Å². The zero-order valence-corrected chi connectivity index (χ0v) is 12.0. The van der Waals surface area contributed by atoms with Gasteiger partial charge in [0.1, 0.15) is 11.5 Å². The Kier molecular flexibility index (Phi) is 4.45. The molecule has 0 bridgehead atoms. The van der Waals surface area contributed by atoms with E-state index < -0.39 is 12.8 Å². The van der Waals surface area contributed by atoms with E-state index in [1.165, 1.54) is 29.6 Å². The third-order valence-electron chi connectivity index (χ3n) is 2.61. The highest BCUT2D eigenvalue weighted by Crippen LogP contribution is 2.26. The summed E-state index contributed by atoms with van der Waals surface area (Å²) < 4.78 is 36.9. The lowest BCUT2D eigenvalue weighted by Crippen LogP contribution is -2.41. The summed E-state index contributed by atoms with van der Waals surface area (Å²) in [4.78, 5) is 18.5. The lowest BCUT2D eigenvalue weighted by atomic mass is 10.3. The van der Waals surface area contributed by atoms with Crippen molar-refractivity contribution in [2.45, 2.75) is 6.18 Å². The van der Waals surface area contributed by atoms with Crippen molar-refractivity contribution in [1.29, 1.82) is 0 Å². The normalized spacial score (nSPS) is 17.3. The van der Waals surface area contributed by atoms with Crippen LogP contribution in [0.4, 0.5) is 13.2 Å². The zero-order valence-electron chi connectivity index (χ0n) is 12.0. The minimum absolute atomic E-state index is 0.149. The molecule has 9 heteroatoms. The average Bonchev–Trinajstić information content (AvgIpc) is 2.86. The third kappa shape index (κ3) is 3.82. The summed E-state index contributed by atoms with van der Waals surface area (Å²) in [5, 5.41) is 4.91. The molecule has 2 rings (SSSR count). The number of halogens is 3. The Morgan fingerprint density at radius 3 is 2.82 bits per heavy atom. The second-order valence-corrected chi connectivity index (χ2v) is 4.71. The fraction of sp³-hybridized carbons (Fsp3) is 0.308. The summed E-state index contributed by atoms with van der Waals surface area (Å²) >= 11 is 0. The molecule has 0 aliphatic carbocycles. The maximum absolute atomic E-state index is 12.3. The van der Waals surface area contributed by atoms with Gasteiger partial charge >= 0.3 is 6.18 Å². The van der Waals surface area contributed by atoms with Crippen molar-refractivity contribution in [2.24, 2.45) is 0 Å². The van der Waals surface area contributed by atoms with Crippen LogP contribution in [0.1, 0.15) is 0 Å². The van der Waals surface area contributed by atoms with Gasteiger partial charge in [-0.2, -0.15) is 18.3 Å². The average molecular weight is 316 g/mol. The SMILES string of the molecule is CN(C)/C=C/C(=O)C1=CNC2=CC=CN(OCC(F)(F)F)N21. The second kappa shape index (κ2) is 6.14. The van der Waals surface area contributed by atoms with E-state index in [1.54, 1.807) is 31.3 Å². The Labute approximate surface area is 125 Å². The van der Waals surface area contributed by atoms with Gasteiger partial charge in [0.05, 0.1) is 6.20 Å². The molecule has 2 heterocycles. The number of hydrogen-bond donors (Lipinski definition) is 1. The van der Waals surface area contributed by atoms with Crippen LogP contribution in [0.3, 0.4) is 0 Å². The van der Waals surface area contributed by atoms with Gasteiger partial charge in [0.25, 0.3) is 0 Å². The van der Waals surface area contributed by atoms with Crippen molar-refractivity contribution in [3.05, 3.63) is 48.3 Å². The molecule has 2 aliphatic heterocycles. The van der Waals surface area contributed by atoms with Gasteiger partial charge in [-0.15, -0.1) is 0 Å². The number of carbonyl (C=O) groups excluding carboxylic acids is 1. The molecule has 0 aromatic rings. The van der Waals surface area contributed by atoms with E-state index in [-0.39, 0.29) is 11.5 Å². The molecule has 6 nitrogen and oxygen atoms in total. The summed E-state index contributed by atoms with van der Waals surface area (Å²) in [6, 6.07) is 0. The van der Waals surface area contributed by atoms with Crippen molar-refractivity contribution in [1.82, 2.24) is 20.4 Å². The highest BCUT2D eigenvalue weighted by atomic mass is 19.4. The van der Waals surface area contributed by atoms with E-state index in [2.05, 4.69) is 5.32 Å². The monoisotopic (exact) mass is 316 g/mol. The molecular formula is C13H15F3N4O2. The highest BCUT2D eigenvalue weighted by Gasteiger charge is 2.34. The first kappa shape index (κ1) is 16.0. The molecule has 0 radical (unpaired) electrons. The predicted molar refractivity (Wildman–Crippen MR) is 72.0 cm³/mol. The number of rotatable bonds is 5. The number of hydrogen-bond acceptors (Lipinski definition) is 6. The second-order valence-electron chi connectivity index (χ2n) is 4.71. The summed E-state index contributed by atoms with van der Waals surface area (Å²) in [5.41, 5.74) is 0.149. The highest BCUT2D eigenvalue weighted by molar-refractivity contribution is 6.03. The van der Waals surface area contributed by atoms with Crippen LogP contribution in [0, 0.1) is 0 Å². The standard InChI is InChI=1S/C13H15F3N4O2/c1-18(2)7-5-11(21)10-8-17-12-4-3-6-19(20(10)12)22-9-13(14,15)16/h3-8,17H,9H2,1-2H3/b7-5+. The molecule has 1 N–H and O–H groups in total. The number of alkyl halides is 3. The zero-order chi connectivity index (χ0) is 16.3. The smallest absolute Gasteiger partial charge is 0.383 e. The maximum Gasteiger partial charge on any atom is 0.414 e. The number of hydroxylamine groups is 1.